The van der Waals surface area contributed by atoms with Gasteiger partial charge in [0.05, 0.1) is 6.61 Å². The van der Waals surface area contributed by atoms with E-state index in [1.807, 2.05) is 60.7 Å². The van der Waals surface area contributed by atoms with Gasteiger partial charge in [-0.2, -0.15) is 0 Å². The molecule has 0 unspecified atom stereocenters. The molecule has 2 rings (SSSR count). The van der Waals surface area contributed by atoms with Crippen molar-refractivity contribution in [3.63, 3.8) is 0 Å². The summed E-state index contributed by atoms with van der Waals surface area (Å²) in [6.45, 7) is 0.00314. The van der Waals surface area contributed by atoms with Crippen molar-refractivity contribution in [3.8, 4) is 0 Å². The number of aliphatic hydroxyl groups excluding tert-OH is 1. The number of aliphatic hydroxyl groups is 1. The van der Waals surface area contributed by atoms with E-state index in [4.69, 9.17) is 5.11 Å². The summed E-state index contributed by atoms with van der Waals surface area (Å²) in [5.74, 6) is 0. The smallest absolute Gasteiger partial charge is 0.0686 e. The second-order valence-electron chi connectivity index (χ2n) is 3.64. The molecule has 0 bridgehead atoms. The Morgan fingerprint density at radius 1 is 0.882 bits per heavy atom. The monoisotopic (exact) mass is 222 g/mol. The van der Waals surface area contributed by atoms with Crippen LogP contribution in [0.5, 0.6) is 0 Å². The van der Waals surface area contributed by atoms with Gasteiger partial charge in [-0.05, 0) is 17.2 Å². The van der Waals surface area contributed by atoms with Gasteiger partial charge in [0.2, 0.25) is 0 Å². The summed E-state index contributed by atoms with van der Waals surface area (Å²) >= 11 is 0. The maximum Gasteiger partial charge on any atom is 0.0686 e. The Morgan fingerprint density at radius 3 is 1.76 bits per heavy atom. The normalized spacial score (nSPS) is 9.47. The molecule has 1 nitrogen and oxygen atoms in total. The molecule has 0 aliphatic rings. The summed E-state index contributed by atoms with van der Waals surface area (Å²) < 4.78 is 0. The van der Waals surface area contributed by atoms with Gasteiger partial charge >= 0.3 is 0 Å². The van der Waals surface area contributed by atoms with Crippen LogP contribution >= 0.6 is 0 Å². The highest BCUT2D eigenvalue weighted by molar-refractivity contribution is 5.79. The van der Waals surface area contributed by atoms with Gasteiger partial charge in [0.1, 0.15) is 0 Å². The summed E-state index contributed by atoms with van der Waals surface area (Å²) in [5.41, 5.74) is 6.34. The van der Waals surface area contributed by atoms with Crippen LogP contribution in [-0.4, -0.2) is 11.7 Å². The molecule has 2 aromatic rings. The van der Waals surface area contributed by atoms with Crippen LogP contribution in [0.25, 0.3) is 5.57 Å². The number of hydrogen-bond acceptors (Lipinski definition) is 1. The minimum Gasteiger partial charge on any atom is -0.392 e. The molecule has 2 aromatic carbocycles. The molecule has 0 aliphatic heterocycles. The Hall–Kier alpha value is -2.08. The van der Waals surface area contributed by atoms with Crippen molar-refractivity contribution in [3.05, 3.63) is 83.6 Å². The van der Waals surface area contributed by atoms with Crippen LogP contribution < -0.4 is 0 Å². The van der Waals surface area contributed by atoms with Crippen molar-refractivity contribution in [2.75, 3.05) is 6.61 Å². The maximum absolute atomic E-state index is 8.88. The van der Waals surface area contributed by atoms with E-state index in [0.717, 1.165) is 16.7 Å². The lowest BCUT2D eigenvalue weighted by molar-refractivity contribution is 0.343. The predicted octanol–water partition coefficient (Wildman–Crippen LogP) is 3.27. The minimum atomic E-state index is 0.00314. The Bertz CT molecular complexity index is 478. The minimum absolute atomic E-state index is 0.00314. The van der Waals surface area contributed by atoms with Crippen molar-refractivity contribution < 1.29 is 5.11 Å². The largest absolute Gasteiger partial charge is 0.392 e. The van der Waals surface area contributed by atoms with Crippen LogP contribution in [-0.2, 0) is 0 Å². The van der Waals surface area contributed by atoms with Crippen LogP contribution in [0.4, 0.5) is 0 Å². The van der Waals surface area contributed by atoms with E-state index in [0.29, 0.717) is 0 Å². The number of rotatable bonds is 3. The summed E-state index contributed by atoms with van der Waals surface area (Å²) in [6.07, 6.45) is 1.63. The van der Waals surface area contributed by atoms with E-state index < -0.39 is 0 Å². The lowest BCUT2D eigenvalue weighted by Crippen LogP contribution is -1.85. The molecule has 0 heterocycles. The first-order chi connectivity index (χ1) is 8.42. The third kappa shape index (κ3) is 2.94. The van der Waals surface area contributed by atoms with Gasteiger partial charge in [0, 0.05) is 5.57 Å². The third-order valence-corrected chi connectivity index (χ3v) is 2.46. The Morgan fingerprint density at radius 2 is 1.35 bits per heavy atom. The van der Waals surface area contributed by atoms with Gasteiger partial charge in [-0.3, -0.25) is 0 Å². The van der Waals surface area contributed by atoms with Gasteiger partial charge in [0.25, 0.3) is 0 Å². The van der Waals surface area contributed by atoms with Crippen molar-refractivity contribution in [1.29, 1.82) is 0 Å². The zero-order chi connectivity index (χ0) is 11.9. The third-order valence-electron chi connectivity index (χ3n) is 2.46. The van der Waals surface area contributed by atoms with Gasteiger partial charge in [-0.15, -0.1) is 5.73 Å². The highest BCUT2D eigenvalue weighted by Gasteiger charge is 2.02. The summed E-state index contributed by atoms with van der Waals surface area (Å²) in [7, 11) is 0. The molecule has 0 saturated heterocycles. The van der Waals surface area contributed by atoms with Crippen molar-refractivity contribution >= 4 is 5.57 Å². The van der Waals surface area contributed by atoms with Crippen LogP contribution in [0.15, 0.2) is 72.5 Å². The lowest BCUT2D eigenvalue weighted by Gasteiger charge is -2.04. The summed E-state index contributed by atoms with van der Waals surface area (Å²) in [6, 6.07) is 20.1. The zero-order valence-electron chi connectivity index (χ0n) is 9.51. The maximum atomic E-state index is 8.88. The molecule has 0 aromatic heterocycles. The molecular weight excluding hydrogens is 208 g/mol. The first-order valence-electron chi connectivity index (χ1n) is 5.58. The molecule has 0 radical (unpaired) electrons. The average Bonchev–Trinajstić information content (AvgIpc) is 2.42. The molecule has 17 heavy (non-hydrogen) atoms. The Labute approximate surface area is 101 Å². The molecule has 0 fully saturated rings. The fraction of sp³-hybridized carbons (Fsp3) is 0.0625. The highest BCUT2D eigenvalue weighted by Crippen LogP contribution is 2.21. The predicted molar refractivity (Wildman–Crippen MR) is 70.6 cm³/mol. The molecule has 1 N–H and O–H groups in total. The van der Waals surface area contributed by atoms with Crippen molar-refractivity contribution in [2.24, 2.45) is 0 Å². The second-order valence-corrected chi connectivity index (χ2v) is 3.64. The van der Waals surface area contributed by atoms with Gasteiger partial charge in [-0.1, -0.05) is 60.7 Å². The molecule has 0 aliphatic carbocycles. The van der Waals surface area contributed by atoms with E-state index in [-0.39, 0.29) is 6.61 Å². The van der Waals surface area contributed by atoms with E-state index >= 15 is 0 Å². The lowest BCUT2D eigenvalue weighted by atomic mass is 9.99. The fourth-order valence-electron chi connectivity index (χ4n) is 1.69. The molecule has 0 atom stereocenters. The SMILES string of the molecule is OCC=C=C(c1ccccc1)c1ccccc1. The zero-order valence-corrected chi connectivity index (χ0v) is 9.51. The summed E-state index contributed by atoms with van der Waals surface area (Å²) in [4.78, 5) is 0. The molecular formula is C16H14O. The molecule has 84 valence electrons. The standard InChI is InChI=1S/C16H14O/c17-13-7-12-16(14-8-3-1-4-9-14)15-10-5-2-6-11-15/h1-11,17H,13H2. The van der Waals surface area contributed by atoms with Crippen LogP contribution in [0.1, 0.15) is 11.1 Å². The Balaban J connectivity index is 2.52. The molecule has 1 heteroatoms. The van der Waals surface area contributed by atoms with E-state index in [2.05, 4.69) is 5.73 Å². The van der Waals surface area contributed by atoms with E-state index in [9.17, 15) is 0 Å². The van der Waals surface area contributed by atoms with Crippen LogP contribution in [0.2, 0.25) is 0 Å². The fourth-order valence-corrected chi connectivity index (χ4v) is 1.69. The van der Waals surface area contributed by atoms with Gasteiger partial charge < -0.3 is 5.11 Å². The first-order valence-corrected chi connectivity index (χ1v) is 5.58. The molecule has 0 spiro atoms. The van der Waals surface area contributed by atoms with Crippen molar-refractivity contribution in [1.82, 2.24) is 0 Å². The van der Waals surface area contributed by atoms with Gasteiger partial charge in [0.15, 0.2) is 0 Å². The quantitative estimate of drug-likeness (QED) is 0.790. The average molecular weight is 222 g/mol. The highest BCUT2D eigenvalue weighted by atomic mass is 16.2. The first kappa shape index (κ1) is 11.4. The Kier molecular flexibility index (Phi) is 3.93. The summed E-state index contributed by atoms with van der Waals surface area (Å²) in [5, 5.41) is 8.88. The van der Waals surface area contributed by atoms with E-state index in [1.54, 1.807) is 6.08 Å². The van der Waals surface area contributed by atoms with Crippen LogP contribution in [0, 0.1) is 0 Å². The number of benzene rings is 2. The number of hydrogen-bond donors (Lipinski definition) is 1. The van der Waals surface area contributed by atoms with Crippen molar-refractivity contribution in [2.45, 2.75) is 0 Å². The molecule has 0 amide bonds. The van der Waals surface area contributed by atoms with Crippen LogP contribution in [0.3, 0.4) is 0 Å². The topological polar surface area (TPSA) is 20.2 Å². The second kappa shape index (κ2) is 5.86. The van der Waals surface area contributed by atoms with E-state index in [1.165, 1.54) is 0 Å². The molecule has 0 saturated carbocycles. The van der Waals surface area contributed by atoms with Gasteiger partial charge in [-0.25, -0.2) is 0 Å².